The molecule has 0 atom stereocenters. The Hall–Kier alpha value is -2.67. The number of thioether (sulfide) groups is 1. The molecule has 37 heavy (non-hydrogen) atoms. The van der Waals surface area contributed by atoms with E-state index in [1.165, 1.54) is 0 Å². The van der Waals surface area contributed by atoms with Crippen LogP contribution in [0.2, 0.25) is 0 Å². The summed E-state index contributed by atoms with van der Waals surface area (Å²) in [6.45, 7) is 13.2. The number of phenols is 2. The number of ether oxygens (including phenoxy) is 2. The van der Waals surface area contributed by atoms with Gasteiger partial charge in [0, 0.05) is 0 Å². The van der Waals surface area contributed by atoms with Gasteiger partial charge in [0.25, 0.3) is 0 Å². The number of hydrogen-bond donors (Lipinski definition) is 2. The third-order valence-electron chi connectivity index (χ3n) is 6.18. The number of carbonyl (C=O) groups is 2. The molecule has 0 aliphatic heterocycles. The van der Waals surface area contributed by atoms with Gasteiger partial charge in [-0.2, -0.15) is 0 Å². The molecule has 0 saturated carbocycles. The van der Waals surface area contributed by atoms with E-state index in [0.29, 0.717) is 37.4 Å². The van der Waals surface area contributed by atoms with Crippen molar-refractivity contribution >= 4 is 22.4 Å². The Morgan fingerprint density at radius 2 is 1.05 bits per heavy atom. The quantitative estimate of drug-likeness (QED) is 0.237. The van der Waals surface area contributed by atoms with Crippen LogP contribution in [0, 0.1) is 0 Å². The van der Waals surface area contributed by atoms with Gasteiger partial charge < -0.3 is 19.7 Å². The van der Waals surface area contributed by atoms with Gasteiger partial charge >= 0.3 is 10.6 Å². The number of unbranched alkanes of at least 4 members (excludes halogenated alkanes) is 2. The number of carbonyl (C=O) groups excluding carboxylic acids is 2. The molecule has 0 amide bonds. The van der Waals surface area contributed by atoms with Gasteiger partial charge in [-0.15, -0.1) is 0 Å². The Labute approximate surface area is 225 Å². The summed E-state index contributed by atoms with van der Waals surface area (Å²) >= 11 is 0.420. The van der Waals surface area contributed by atoms with E-state index in [4.69, 9.17) is 9.47 Å². The van der Waals surface area contributed by atoms with Gasteiger partial charge in [0.05, 0.1) is 25.0 Å². The van der Waals surface area contributed by atoms with Crippen LogP contribution in [-0.2, 0) is 33.1 Å². The molecule has 204 valence electrons. The summed E-state index contributed by atoms with van der Waals surface area (Å²) in [4.78, 5) is 23.8. The lowest BCUT2D eigenvalue weighted by atomic mass is 9.85. The van der Waals surface area contributed by atoms with Gasteiger partial charge in [-0.05, 0) is 83.7 Å². The molecule has 0 aliphatic rings. The fourth-order valence-corrected chi connectivity index (χ4v) is 4.20. The molecule has 0 radical (unpaired) electrons. The molecule has 0 fully saturated rings. The van der Waals surface area contributed by atoms with Gasteiger partial charge in [0.1, 0.15) is 11.5 Å². The van der Waals surface area contributed by atoms with E-state index in [2.05, 4.69) is 41.5 Å². The molecule has 0 spiro atoms. The van der Waals surface area contributed by atoms with E-state index < -0.39 is 10.6 Å². The lowest BCUT2D eigenvalue weighted by Gasteiger charge is -2.20. The highest BCUT2D eigenvalue weighted by Gasteiger charge is 2.17. The summed E-state index contributed by atoms with van der Waals surface area (Å²) in [6, 6.07) is 11.4. The van der Waals surface area contributed by atoms with Crippen LogP contribution in [0.1, 0.15) is 89.5 Å². The van der Waals surface area contributed by atoms with E-state index >= 15 is 0 Å². The van der Waals surface area contributed by atoms with E-state index in [0.717, 1.165) is 35.1 Å². The third kappa shape index (κ3) is 10.7. The van der Waals surface area contributed by atoms with Crippen molar-refractivity contribution in [2.45, 2.75) is 90.9 Å². The van der Waals surface area contributed by atoms with Crippen molar-refractivity contribution < 1.29 is 29.3 Å². The Balaban J connectivity index is 1.60. The zero-order valence-electron chi connectivity index (χ0n) is 23.1. The van der Waals surface area contributed by atoms with Gasteiger partial charge in [-0.25, -0.2) is 9.59 Å². The summed E-state index contributed by atoms with van der Waals surface area (Å²) in [5.41, 5.74) is 4.10. The molecule has 0 heterocycles. The minimum Gasteiger partial charge on any atom is -0.508 e. The number of benzene rings is 2. The average molecular weight is 531 g/mol. The van der Waals surface area contributed by atoms with Crippen molar-refractivity contribution in [2.24, 2.45) is 0 Å². The van der Waals surface area contributed by atoms with Crippen molar-refractivity contribution in [3.8, 4) is 11.5 Å². The van der Waals surface area contributed by atoms with Crippen LogP contribution in [0.15, 0.2) is 36.4 Å². The number of aryl methyl sites for hydroxylation is 2. The first kappa shape index (κ1) is 30.6. The van der Waals surface area contributed by atoms with Crippen molar-refractivity contribution in [2.75, 3.05) is 13.2 Å². The van der Waals surface area contributed by atoms with E-state index in [1.807, 2.05) is 24.3 Å². The van der Waals surface area contributed by atoms with E-state index in [-0.39, 0.29) is 35.5 Å². The topological polar surface area (TPSA) is 93.1 Å². The lowest BCUT2D eigenvalue weighted by molar-refractivity contribution is 0.167. The second-order valence-electron chi connectivity index (χ2n) is 11.4. The predicted molar refractivity (Wildman–Crippen MR) is 150 cm³/mol. The summed E-state index contributed by atoms with van der Waals surface area (Å²) in [5.74, 6) is 0.553. The van der Waals surface area contributed by atoms with Crippen LogP contribution in [0.25, 0.3) is 0 Å². The van der Waals surface area contributed by atoms with Crippen molar-refractivity contribution in [1.29, 1.82) is 0 Å². The second kappa shape index (κ2) is 13.8. The monoisotopic (exact) mass is 530 g/mol. The third-order valence-corrected chi connectivity index (χ3v) is 6.75. The van der Waals surface area contributed by atoms with Gasteiger partial charge in [-0.3, -0.25) is 0 Å². The highest BCUT2D eigenvalue weighted by Crippen LogP contribution is 2.29. The molecular weight excluding hydrogens is 488 g/mol. The van der Waals surface area contributed by atoms with Gasteiger partial charge in [0.15, 0.2) is 0 Å². The Morgan fingerprint density at radius 1 is 0.676 bits per heavy atom. The molecule has 2 rings (SSSR count). The van der Waals surface area contributed by atoms with E-state index in [9.17, 15) is 19.8 Å². The standard InChI is InChI=1S/C30H42O6S/c1-29(2,3)23-13-15-25(31)21(19-23)11-7-9-17-35-27(33)37-28(34)36-18-10-8-12-22-20-24(30(4,5)6)14-16-26(22)32/h13-16,19-20,31-32H,7-12,17-18H2,1-6H3. The summed E-state index contributed by atoms with van der Waals surface area (Å²) in [6.07, 6.45) is 4.12. The molecule has 0 saturated heterocycles. The van der Waals surface area contributed by atoms with Crippen LogP contribution < -0.4 is 0 Å². The van der Waals surface area contributed by atoms with E-state index in [1.54, 1.807) is 12.1 Å². The van der Waals surface area contributed by atoms with Crippen LogP contribution in [0.5, 0.6) is 11.5 Å². The average Bonchev–Trinajstić information content (AvgIpc) is 2.79. The molecule has 0 bridgehead atoms. The highest BCUT2D eigenvalue weighted by atomic mass is 32.2. The second-order valence-corrected chi connectivity index (χ2v) is 12.3. The Morgan fingerprint density at radius 3 is 1.41 bits per heavy atom. The maximum Gasteiger partial charge on any atom is 0.378 e. The summed E-state index contributed by atoms with van der Waals surface area (Å²) in [5, 5.41) is 18.9. The van der Waals surface area contributed by atoms with Crippen LogP contribution >= 0.6 is 11.8 Å². The number of rotatable bonds is 10. The fraction of sp³-hybridized carbons (Fsp3) is 0.533. The molecule has 2 aromatic rings. The number of aromatic hydroxyl groups is 2. The zero-order chi connectivity index (χ0) is 27.6. The van der Waals surface area contributed by atoms with Gasteiger partial charge in [0.2, 0.25) is 0 Å². The molecule has 0 unspecified atom stereocenters. The van der Waals surface area contributed by atoms with Crippen molar-refractivity contribution in [1.82, 2.24) is 0 Å². The van der Waals surface area contributed by atoms with Crippen LogP contribution in [0.3, 0.4) is 0 Å². The largest absolute Gasteiger partial charge is 0.508 e. The summed E-state index contributed by atoms with van der Waals surface area (Å²) < 4.78 is 10.3. The van der Waals surface area contributed by atoms with Crippen molar-refractivity contribution in [3.63, 3.8) is 0 Å². The maximum atomic E-state index is 11.9. The fourth-order valence-electron chi connectivity index (χ4n) is 3.78. The first-order chi connectivity index (χ1) is 17.3. The molecular formula is C30H42O6S. The predicted octanol–water partition coefficient (Wildman–Crippen LogP) is 8.04. The normalized spacial score (nSPS) is 11.8. The first-order valence-electron chi connectivity index (χ1n) is 12.9. The molecule has 7 heteroatoms. The van der Waals surface area contributed by atoms with Crippen LogP contribution in [0.4, 0.5) is 9.59 Å². The highest BCUT2D eigenvalue weighted by molar-refractivity contribution is 8.25. The summed E-state index contributed by atoms with van der Waals surface area (Å²) in [7, 11) is 0. The van der Waals surface area contributed by atoms with Gasteiger partial charge in [-0.1, -0.05) is 65.8 Å². The smallest absolute Gasteiger partial charge is 0.378 e. The Bertz CT molecular complexity index is 966. The molecule has 0 aromatic heterocycles. The first-order valence-corrected chi connectivity index (χ1v) is 13.7. The zero-order valence-corrected chi connectivity index (χ0v) is 23.9. The lowest BCUT2D eigenvalue weighted by Crippen LogP contribution is -2.11. The molecule has 2 aromatic carbocycles. The van der Waals surface area contributed by atoms with Crippen LogP contribution in [-0.4, -0.2) is 34.0 Å². The Kier molecular flexibility index (Phi) is 11.4. The minimum atomic E-state index is -0.675. The minimum absolute atomic E-state index is 0.00478. The molecule has 2 N–H and O–H groups in total. The SMILES string of the molecule is CC(C)(C)c1ccc(O)c(CCCCOC(=O)SC(=O)OCCCCc2cc(C(C)(C)C)ccc2O)c1. The number of hydrogen-bond acceptors (Lipinski definition) is 7. The molecule has 0 aliphatic carbocycles. The molecule has 6 nitrogen and oxygen atoms in total. The number of phenolic OH excluding ortho intramolecular Hbond substituents is 2. The maximum absolute atomic E-state index is 11.9. The van der Waals surface area contributed by atoms with Crippen molar-refractivity contribution in [3.05, 3.63) is 58.7 Å².